The zero-order valence-electron chi connectivity index (χ0n) is 16.0. The second-order valence-corrected chi connectivity index (χ2v) is 9.16. The fraction of sp³-hybridized carbons (Fsp3) is 0.417. The van der Waals surface area contributed by atoms with Gasteiger partial charge < -0.3 is 14.4 Å². The summed E-state index contributed by atoms with van der Waals surface area (Å²) in [6.45, 7) is 2.86. The number of phenols is 1. The van der Waals surface area contributed by atoms with Crippen LogP contribution in [-0.4, -0.2) is 16.3 Å². The molecule has 28 heavy (non-hydrogen) atoms. The SMILES string of the molecule is CC1COC2(CC3(CCC3)C2)c2c1n(-c1ccc(F)cc1)c1cccc(O)c21. The van der Waals surface area contributed by atoms with Crippen LogP contribution in [-0.2, 0) is 10.3 Å². The zero-order valence-corrected chi connectivity index (χ0v) is 16.0. The second kappa shape index (κ2) is 5.38. The number of hydrogen-bond donors (Lipinski definition) is 1. The number of fused-ring (bicyclic) bond motifs is 4. The number of halogens is 1. The van der Waals surface area contributed by atoms with Crippen molar-refractivity contribution in [3.63, 3.8) is 0 Å². The lowest BCUT2D eigenvalue weighted by Gasteiger charge is -2.62. The maximum atomic E-state index is 13.6. The van der Waals surface area contributed by atoms with Crippen LogP contribution in [0.1, 0.15) is 56.2 Å². The van der Waals surface area contributed by atoms with E-state index in [9.17, 15) is 9.50 Å². The minimum atomic E-state index is -0.287. The monoisotopic (exact) mass is 377 g/mol. The maximum absolute atomic E-state index is 13.6. The lowest BCUT2D eigenvalue weighted by molar-refractivity contribution is -0.210. The summed E-state index contributed by atoms with van der Waals surface area (Å²) in [6, 6.07) is 12.3. The Hall–Kier alpha value is -2.33. The lowest BCUT2D eigenvalue weighted by Crippen LogP contribution is -2.56. The van der Waals surface area contributed by atoms with Crippen LogP contribution in [0, 0.1) is 11.2 Å². The molecule has 1 N–H and O–H groups in total. The Morgan fingerprint density at radius 3 is 2.54 bits per heavy atom. The van der Waals surface area contributed by atoms with Gasteiger partial charge in [-0.05, 0) is 67.5 Å². The summed E-state index contributed by atoms with van der Waals surface area (Å²) >= 11 is 0. The molecular formula is C24H24FNO2. The molecule has 2 saturated carbocycles. The molecule has 6 rings (SSSR count). The van der Waals surface area contributed by atoms with Crippen molar-refractivity contribution in [2.45, 2.75) is 50.5 Å². The van der Waals surface area contributed by atoms with Crippen LogP contribution in [0.25, 0.3) is 16.6 Å². The minimum Gasteiger partial charge on any atom is -0.507 e. The summed E-state index contributed by atoms with van der Waals surface area (Å²) in [5, 5.41) is 11.7. The van der Waals surface area contributed by atoms with Gasteiger partial charge in [-0.3, -0.25) is 0 Å². The molecule has 0 radical (unpaired) electrons. The molecular weight excluding hydrogens is 353 g/mol. The van der Waals surface area contributed by atoms with Gasteiger partial charge >= 0.3 is 0 Å². The largest absolute Gasteiger partial charge is 0.507 e. The number of aromatic hydroxyl groups is 1. The predicted octanol–water partition coefficient (Wildman–Crippen LogP) is 5.77. The molecule has 2 spiro atoms. The molecule has 2 aliphatic carbocycles. The summed E-state index contributed by atoms with van der Waals surface area (Å²) in [4.78, 5) is 0. The molecule has 3 aromatic rings. The Morgan fingerprint density at radius 2 is 1.86 bits per heavy atom. The maximum Gasteiger partial charge on any atom is 0.125 e. The van der Waals surface area contributed by atoms with Crippen molar-refractivity contribution >= 4 is 10.9 Å². The van der Waals surface area contributed by atoms with E-state index in [1.807, 2.05) is 18.2 Å². The first kappa shape index (κ1) is 16.6. The molecule has 1 aliphatic heterocycles. The van der Waals surface area contributed by atoms with Gasteiger partial charge in [0.15, 0.2) is 0 Å². The van der Waals surface area contributed by atoms with Crippen LogP contribution in [0.5, 0.6) is 5.75 Å². The first-order chi connectivity index (χ1) is 13.5. The van der Waals surface area contributed by atoms with Crippen LogP contribution in [0.15, 0.2) is 42.5 Å². The Bertz CT molecular complexity index is 1090. The summed E-state index contributed by atoms with van der Waals surface area (Å²) < 4.78 is 22.3. The van der Waals surface area contributed by atoms with Crippen molar-refractivity contribution in [2.75, 3.05) is 6.61 Å². The molecule has 2 heterocycles. The Kier molecular flexibility index (Phi) is 3.19. The second-order valence-electron chi connectivity index (χ2n) is 9.16. The fourth-order valence-corrected chi connectivity index (χ4v) is 6.04. The minimum absolute atomic E-state index is 0.204. The molecule has 3 nitrogen and oxygen atoms in total. The van der Waals surface area contributed by atoms with E-state index in [2.05, 4.69) is 17.6 Å². The van der Waals surface area contributed by atoms with E-state index >= 15 is 0 Å². The number of aromatic nitrogens is 1. The number of phenolic OH excluding ortho intramolecular Hbond substituents is 1. The van der Waals surface area contributed by atoms with Crippen LogP contribution in [0.3, 0.4) is 0 Å². The van der Waals surface area contributed by atoms with Crippen molar-refractivity contribution in [1.82, 2.24) is 4.57 Å². The molecule has 4 heteroatoms. The van der Waals surface area contributed by atoms with Crippen molar-refractivity contribution in [3.8, 4) is 11.4 Å². The van der Waals surface area contributed by atoms with Crippen LogP contribution < -0.4 is 0 Å². The third-order valence-electron chi connectivity index (χ3n) is 7.36. The van der Waals surface area contributed by atoms with Gasteiger partial charge in [-0.2, -0.15) is 0 Å². The quantitative estimate of drug-likeness (QED) is 0.584. The summed E-state index contributed by atoms with van der Waals surface area (Å²) in [5.74, 6) is 0.271. The first-order valence-corrected chi connectivity index (χ1v) is 10.3. The predicted molar refractivity (Wildman–Crippen MR) is 106 cm³/mol. The molecule has 0 saturated heterocycles. The summed E-state index contributed by atoms with van der Waals surface area (Å²) in [6.07, 6.45) is 6.02. The van der Waals surface area contributed by atoms with E-state index in [1.54, 1.807) is 6.07 Å². The van der Waals surface area contributed by atoms with E-state index in [0.29, 0.717) is 17.8 Å². The molecule has 2 fully saturated rings. The van der Waals surface area contributed by atoms with Crippen LogP contribution in [0.2, 0.25) is 0 Å². The van der Waals surface area contributed by atoms with E-state index in [-0.39, 0.29) is 17.3 Å². The zero-order chi connectivity index (χ0) is 19.1. The number of rotatable bonds is 1. The number of benzene rings is 2. The van der Waals surface area contributed by atoms with Crippen LogP contribution in [0.4, 0.5) is 4.39 Å². The van der Waals surface area contributed by atoms with Gasteiger partial charge in [0.25, 0.3) is 0 Å². The fourth-order valence-electron chi connectivity index (χ4n) is 6.04. The molecule has 3 aliphatic rings. The van der Waals surface area contributed by atoms with E-state index < -0.39 is 0 Å². The molecule has 0 bridgehead atoms. The molecule has 2 aromatic carbocycles. The van der Waals surface area contributed by atoms with Crippen molar-refractivity contribution < 1.29 is 14.2 Å². The Balaban J connectivity index is 1.65. The third-order valence-corrected chi connectivity index (χ3v) is 7.36. The van der Waals surface area contributed by atoms with Gasteiger partial charge in [0, 0.05) is 28.2 Å². The Labute approximate surface area is 163 Å². The van der Waals surface area contributed by atoms with Crippen molar-refractivity contribution in [1.29, 1.82) is 0 Å². The average Bonchev–Trinajstić information content (AvgIpc) is 2.98. The lowest BCUT2D eigenvalue weighted by atomic mass is 9.47. The highest BCUT2D eigenvalue weighted by Gasteiger charge is 2.61. The number of nitrogens with zero attached hydrogens (tertiary/aromatic N) is 1. The van der Waals surface area contributed by atoms with Gasteiger partial charge in [-0.25, -0.2) is 4.39 Å². The standard InChI is InChI=1S/C24H24FNO2/c1-15-12-28-24(13-23(14-24)10-3-11-23)21-20-18(4-2-5-19(20)27)26(22(15)21)17-8-6-16(25)7-9-17/h2,4-9,15,27H,3,10-14H2,1H3. The van der Waals surface area contributed by atoms with Crippen LogP contribution >= 0.6 is 0 Å². The summed E-state index contributed by atoms with van der Waals surface area (Å²) in [5.41, 5.74) is 4.45. The molecule has 144 valence electrons. The number of ether oxygens (including phenoxy) is 1. The van der Waals surface area contributed by atoms with Crippen molar-refractivity contribution in [2.24, 2.45) is 5.41 Å². The Morgan fingerprint density at radius 1 is 1.11 bits per heavy atom. The highest BCUT2D eigenvalue weighted by atomic mass is 19.1. The highest BCUT2D eigenvalue weighted by molar-refractivity contribution is 5.94. The molecule has 1 unspecified atom stereocenters. The van der Waals surface area contributed by atoms with Gasteiger partial charge in [0.05, 0.1) is 17.7 Å². The van der Waals surface area contributed by atoms with Gasteiger partial charge in [-0.1, -0.05) is 19.4 Å². The van der Waals surface area contributed by atoms with E-state index in [1.165, 1.54) is 42.7 Å². The smallest absolute Gasteiger partial charge is 0.125 e. The molecule has 0 amide bonds. The normalized spacial score (nSPS) is 24.1. The van der Waals surface area contributed by atoms with E-state index in [0.717, 1.165) is 29.4 Å². The van der Waals surface area contributed by atoms with Crippen molar-refractivity contribution in [3.05, 3.63) is 59.5 Å². The average molecular weight is 377 g/mol. The topological polar surface area (TPSA) is 34.4 Å². The van der Waals surface area contributed by atoms with Gasteiger partial charge in [0.2, 0.25) is 0 Å². The summed E-state index contributed by atoms with van der Waals surface area (Å²) in [7, 11) is 0. The molecule has 1 aromatic heterocycles. The highest BCUT2D eigenvalue weighted by Crippen LogP contribution is 2.68. The first-order valence-electron chi connectivity index (χ1n) is 10.3. The third kappa shape index (κ3) is 2.02. The van der Waals surface area contributed by atoms with E-state index in [4.69, 9.17) is 4.74 Å². The molecule has 1 atom stereocenters. The number of hydrogen-bond acceptors (Lipinski definition) is 2. The van der Waals surface area contributed by atoms with Gasteiger partial charge in [-0.15, -0.1) is 0 Å². The van der Waals surface area contributed by atoms with Gasteiger partial charge in [0.1, 0.15) is 11.6 Å².